The minimum Gasteiger partial charge on any atom is -0.441 e. The second-order valence-electron chi connectivity index (χ2n) is 3.99. The summed E-state index contributed by atoms with van der Waals surface area (Å²) >= 11 is 5.67. The molecule has 0 radical (unpaired) electrons. The summed E-state index contributed by atoms with van der Waals surface area (Å²) in [6.07, 6.45) is 0. The highest BCUT2D eigenvalue weighted by molar-refractivity contribution is 6.29. The molecule has 0 saturated carbocycles. The van der Waals surface area contributed by atoms with Crippen molar-refractivity contribution in [2.24, 2.45) is 0 Å². The molecule has 0 N–H and O–H groups in total. The average Bonchev–Trinajstić information content (AvgIpc) is 2.84. The van der Waals surface area contributed by atoms with Gasteiger partial charge in [0, 0.05) is 5.56 Å². The Morgan fingerprint density at radius 1 is 0.944 bits per heavy atom. The number of ketones is 1. The quantitative estimate of drug-likeness (QED) is 0.639. The minimum absolute atomic E-state index is 0.160. The third-order valence-electron chi connectivity index (χ3n) is 2.81. The molecule has 0 amide bonds. The Balaban J connectivity index is 2.06. The van der Waals surface area contributed by atoms with E-state index in [1.807, 2.05) is 36.4 Å². The van der Waals surface area contributed by atoms with Crippen LogP contribution in [-0.4, -0.2) is 5.78 Å². The van der Waals surface area contributed by atoms with Gasteiger partial charge in [0.25, 0.3) is 0 Å². The van der Waals surface area contributed by atoms with Crippen LogP contribution in [-0.2, 0) is 0 Å². The van der Waals surface area contributed by atoms with E-state index in [0.29, 0.717) is 5.56 Å². The molecule has 1 heterocycles. The van der Waals surface area contributed by atoms with Crippen molar-refractivity contribution >= 4 is 28.2 Å². The molecule has 1 aromatic heterocycles. The number of carbonyl (C=O) groups is 1. The highest BCUT2D eigenvalue weighted by Gasteiger charge is 2.13. The second-order valence-corrected chi connectivity index (χ2v) is 4.37. The van der Waals surface area contributed by atoms with E-state index in [0.717, 1.165) is 10.8 Å². The van der Waals surface area contributed by atoms with Gasteiger partial charge in [0.15, 0.2) is 11.0 Å². The standard InChI is InChI=1S/C15H9ClO2/c16-14-8-7-13(18-14)15(17)12-6-5-10-3-1-2-4-11(10)9-12/h1-9H. The maximum Gasteiger partial charge on any atom is 0.228 e. The zero-order valence-electron chi connectivity index (χ0n) is 9.39. The van der Waals surface area contributed by atoms with Crippen LogP contribution in [0.1, 0.15) is 16.1 Å². The SMILES string of the molecule is O=C(c1ccc2ccccc2c1)c1ccc(Cl)o1. The Hall–Kier alpha value is -2.06. The van der Waals surface area contributed by atoms with Gasteiger partial charge in [-0.05, 0) is 40.6 Å². The topological polar surface area (TPSA) is 30.2 Å². The number of benzene rings is 2. The zero-order chi connectivity index (χ0) is 12.5. The van der Waals surface area contributed by atoms with Gasteiger partial charge in [0.05, 0.1) is 0 Å². The van der Waals surface area contributed by atoms with Crippen molar-refractivity contribution in [3.8, 4) is 0 Å². The molecular weight excluding hydrogens is 248 g/mol. The summed E-state index contributed by atoms with van der Waals surface area (Å²) in [4.78, 5) is 12.2. The van der Waals surface area contributed by atoms with Gasteiger partial charge in [-0.25, -0.2) is 0 Å². The average molecular weight is 257 g/mol. The van der Waals surface area contributed by atoms with Crippen molar-refractivity contribution < 1.29 is 9.21 Å². The Labute approximate surface area is 109 Å². The first-order chi connectivity index (χ1) is 8.74. The predicted octanol–water partition coefficient (Wildman–Crippen LogP) is 4.32. The largest absolute Gasteiger partial charge is 0.441 e. The Morgan fingerprint density at radius 2 is 1.72 bits per heavy atom. The van der Waals surface area contributed by atoms with Gasteiger partial charge in [-0.1, -0.05) is 36.4 Å². The number of furan rings is 1. The summed E-state index contributed by atoms with van der Waals surface area (Å²) in [6, 6.07) is 16.6. The number of halogens is 1. The molecule has 3 aromatic rings. The van der Waals surface area contributed by atoms with Gasteiger partial charge in [-0.3, -0.25) is 4.79 Å². The van der Waals surface area contributed by atoms with E-state index >= 15 is 0 Å². The smallest absolute Gasteiger partial charge is 0.228 e. The van der Waals surface area contributed by atoms with Crippen LogP contribution in [0.5, 0.6) is 0 Å². The third-order valence-corrected chi connectivity index (χ3v) is 3.01. The predicted molar refractivity (Wildman–Crippen MR) is 71.1 cm³/mol. The molecule has 0 bridgehead atoms. The van der Waals surface area contributed by atoms with Crippen molar-refractivity contribution in [2.45, 2.75) is 0 Å². The molecule has 88 valence electrons. The third kappa shape index (κ3) is 1.91. The molecule has 2 nitrogen and oxygen atoms in total. The normalized spacial score (nSPS) is 10.7. The second kappa shape index (κ2) is 4.31. The van der Waals surface area contributed by atoms with E-state index in [1.165, 1.54) is 0 Å². The molecule has 0 atom stereocenters. The molecule has 18 heavy (non-hydrogen) atoms. The summed E-state index contributed by atoms with van der Waals surface area (Å²) in [5.74, 6) is 0.0999. The summed E-state index contributed by atoms with van der Waals surface area (Å²) in [5, 5.41) is 2.35. The summed E-state index contributed by atoms with van der Waals surface area (Å²) < 4.78 is 5.13. The van der Waals surface area contributed by atoms with Crippen molar-refractivity contribution in [3.05, 3.63) is 71.1 Å². The van der Waals surface area contributed by atoms with Gasteiger partial charge >= 0.3 is 0 Å². The summed E-state index contributed by atoms with van der Waals surface area (Å²) in [7, 11) is 0. The van der Waals surface area contributed by atoms with Crippen molar-refractivity contribution in [2.75, 3.05) is 0 Å². The van der Waals surface area contributed by atoms with E-state index < -0.39 is 0 Å². The van der Waals surface area contributed by atoms with Crippen LogP contribution in [0.15, 0.2) is 59.0 Å². The monoisotopic (exact) mass is 256 g/mol. The van der Waals surface area contributed by atoms with E-state index in [2.05, 4.69) is 0 Å². The lowest BCUT2D eigenvalue weighted by Crippen LogP contribution is -1.99. The van der Waals surface area contributed by atoms with Crippen molar-refractivity contribution in [3.63, 3.8) is 0 Å². The maximum atomic E-state index is 12.2. The molecule has 0 saturated heterocycles. The van der Waals surface area contributed by atoms with Crippen LogP contribution in [0, 0.1) is 0 Å². The molecular formula is C15H9ClO2. The van der Waals surface area contributed by atoms with Crippen molar-refractivity contribution in [1.29, 1.82) is 0 Å². The van der Waals surface area contributed by atoms with E-state index in [1.54, 1.807) is 18.2 Å². The maximum absolute atomic E-state index is 12.2. The van der Waals surface area contributed by atoms with E-state index in [4.69, 9.17) is 16.0 Å². The molecule has 0 unspecified atom stereocenters. The number of hydrogen-bond donors (Lipinski definition) is 0. The zero-order valence-corrected chi connectivity index (χ0v) is 10.1. The van der Waals surface area contributed by atoms with E-state index in [9.17, 15) is 4.79 Å². The van der Waals surface area contributed by atoms with Crippen molar-refractivity contribution in [1.82, 2.24) is 0 Å². The molecule has 0 aliphatic heterocycles. The van der Waals surface area contributed by atoms with Crippen LogP contribution >= 0.6 is 11.6 Å². The van der Waals surface area contributed by atoms with E-state index in [-0.39, 0.29) is 16.8 Å². The molecule has 2 aromatic carbocycles. The first-order valence-corrected chi connectivity index (χ1v) is 5.91. The van der Waals surface area contributed by atoms with Gasteiger partial charge in [0.1, 0.15) is 0 Å². The van der Waals surface area contributed by atoms with Gasteiger partial charge in [0.2, 0.25) is 5.78 Å². The Morgan fingerprint density at radius 3 is 2.44 bits per heavy atom. The molecule has 0 aliphatic carbocycles. The fraction of sp³-hybridized carbons (Fsp3) is 0. The lowest BCUT2D eigenvalue weighted by Gasteiger charge is -2.01. The summed E-state index contributed by atoms with van der Waals surface area (Å²) in [5.41, 5.74) is 0.597. The number of fused-ring (bicyclic) bond motifs is 1. The highest BCUT2D eigenvalue weighted by atomic mass is 35.5. The first kappa shape index (κ1) is 11.1. The lowest BCUT2D eigenvalue weighted by molar-refractivity contribution is 0.101. The van der Waals surface area contributed by atoms with Crippen LogP contribution in [0.2, 0.25) is 5.22 Å². The molecule has 0 spiro atoms. The fourth-order valence-electron chi connectivity index (χ4n) is 1.91. The number of hydrogen-bond acceptors (Lipinski definition) is 2. The highest BCUT2D eigenvalue weighted by Crippen LogP contribution is 2.20. The van der Waals surface area contributed by atoms with Crippen LogP contribution in [0.4, 0.5) is 0 Å². The first-order valence-electron chi connectivity index (χ1n) is 5.53. The molecule has 3 rings (SSSR count). The van der Waals surface area contributed by atoms with Gasteiger partial charge in [-0.15, -0.1) is 0 Å². The Bertz CT molecular complexity index is 728. The Kier molecular flexibility index (Phi) is 2.65. The fourth-order valence-corrected chi connectivity index (χ4v) is 2.06. The van der Waals surface area contributed by atoms with Crippen LogP contribution in [0.3, 0.4) is 0 Å². The minimum atomic E-state index is -0.160. The summed E-state index contributed by atoms with van der Waals surface area (Å²) in [6.45, 7) is 0. The van der Waals surface area contributed by atoms with Gasteiger partial charge in [-0.2, -0.15) is 0 Å². The lowest BCUT2D eigenvalue weighted by atomic mass is 10.0. The molecule has 0 fully saturated rings. The molecule has 0 aliphatic rings. The van der Waals surface area contributed by atoms with Crippen LogP contribution < -0.4 is 0 Å². The molecule has 3 heteroatoms. The van der Waals surface area contributed by atoms with Crippen LogP contribution in [0.25, 0.3) is 10.8 Å². The van der Waals surface area contributed by atoms with Gasteiger partial charge < -0.3 is 4.42 Å². The number of rotatable bonds is 2. The number of carbonyl (C=O) groups excluding carboxylic acids is 1.